The number of likely N-dealkylation sites (tertiary alicyclic amines) is 1. The Balaban J connectivity index is 1.99. The maximum Gasteiger partial charge on any atom is 0.126 e. The molecule has 112 valence electrons. The smallest absolute Gasteiger partial charge is 0.126 e. The average Bonchev–Trinajstić information content (AvgIpc) is 3.07. The van der Waals surface area contributed by atoms with Crippen LogP contribution < -0.4 is 0 Å². The van der Waals surface area contributed by atoms with Crippen molar-refractivity contribution in [2.45, 2.75) is 45.7 Å². The molecule has 21 heavy (non-hydrogen) atoms. The van der Waals surface area contributed by atoms with E-state index in [-0.39, 0.29) is 0 Å². The van der Waals surface area contributed by atoms with E-state index < -0.39 is 0 Å². The Hall–Kier alpha value is -1.75. The van der Waals surface area contributed by atoms with E-state index in [1.165, 1.54) is 12.8 Å². The van der Waals surface area contributed by atoms with Crippen molar-refractivity contribution in [2.75, 3.05) is 13.6 Å². The number of aromatic nitrogens is 4. The number of aryl methyl sites for hydroxylation is 2. The Kier molecular flexibility index (Phi) is 4.01. The van der Waals surface area contributed by atoms with Crippen LogP contribution >= 0.6 is 0 Å². The summed E-state index contributed by atoms with van der Waals surface area (Å²) >= 11 is 0. The van der Waals surface area contributed by atoms with Gasteiger partial charge >= 0.3 is 0 Å². The standard InChI is InChI=1S/C16H23N5/c1-4-9-21-16(7-8-17-21)14-11-13(18-12(2)19-14)15-6-5-10-20(15)3/h7-8,11,15H,4-6,9-10H2,1-3H3/t15-/m1/s1. The van der Waals surface area contributed by atoms with Gasteiger partial charge in [-0.05, 0) is 51.9 Å². The summed E-state index contributed by atoms with van der Waals surface area (Å²) in [5, 5.41) is 4.40. The minimum atomic E-state index is 0.424. The van der Waals surface area contributed by atoms with Gasteiger partial charge in [0, 0.05) is 12.7 Å². The lowest BCUT2D eigenvalue weighted by atomic mass is 10.1. The molecule has 0 radical (unpaired) electrons. The second kappa shape index (κ2) is 5.93. The summed E-state index contributed by atoms with van der Waals surface area (Å²) in [5.74, 6) is 0.840. The molecule has 1 atom stereocenters. The van der Waals surface area contributed by atoms with Crippen molar-refractivity contribution in [2.24, 2.45) is 0 Å². The monoisotopic (exact) mass is 285 g/mol. The third-order valence-electron chi connectivity index (χ3n) is 4.13. The molecule has 0 N–H and O–H groups in total. The van der Waals surface area contributed by atoms with Crippen LogP contribution in [0, 0.1) is 6.92 Å². The molecule has 2 aromatic rings. The van der Waals surface area contributed by atoms with Crippen LogP contribution in [-0.4, -0.2) is 38.2 Å². The molecule has 5 nitrogen and oxygen atoms in total. The van der Waals surface area contributed by atoms with Gasteiger partial charge in [-0.25, -0.2) is 9.97 Å². The molecular weight excluding hydrogens is 262 g/mol. The fourth-order valence-corrected chi connectivity index (χ4v) is 3.12. The summed E-state index contributed by atoms with van der Waals surface area (Å²) in [7, 11) is 2.18. The molecule has 0 aliphatic carbocycles. The van der Waals surface area contributed by atoms with Gasteiger partial charge in [0.05, 0.1) is 23.1 Å². The molecule has 0 spiro atoms. The molecular formula is C16H23N5. The van der Waals surface area contributed by atoms with Gasteiger partial charge in [-0.15, -0.1) is 0 Å². The topological polar surface area (TPSA) is 46.8 Å². The summed E-state index contributed by atoms with van der Waals surface area (Å²) in [6.45, 7) is 6.21. The maximum atomic E-state index is 4.67. The van der Waals surface area contributed by atoms with Crippen LogP contribution in [0.2, 0.25) is 0 Å². The van der Waals surface area contributed by atoms with Gasteiger partial charge in [0.25, 0.3) is 0 Å². The lowest BCUT2D eigenvalue weighted by Gasteiger charge is -2.19. The Morgan fingerprint density at radius 1 is 1.33 bits per heavy atom. The lowest BCUT2D eigenvalue weighted by Crippen LogP contribution is -2.19. The van der Waals surface area contributed by atoms with Crippen LogP contribution in [0.25, 0.3) is 11.4 Å². The molecule has 0 amide bonds. The van der Waals surface area contributed by atoms with E-state index in [4.69, 9.17) is 0 Å². The fourth-order valence-electron chi connectivity index (χ4n) is 3.12. The van der Waals surface area contributed by atoms with Gasteiger partial charge in [0.2, 0.25) is 0 Å². The van der Waals surface area contributed by atoms with E-state index >= 15 is 0 Å². The summed E-state index contributed by atoms with van der Waals surface area (Å²) in [6, 6.07) is 4.61. The fraction of sp³-hybridized carbons (Fsp3) is 0.562. The minimum Gasteiger partial charge on any atom is -0.298 e. The van der Waals surface area contributed by atoms with Crippen LogP contribution in [0.15, 0.2) is 18.3 Å². The van der Waals surface area contributed by atoms with Crippen molar-refractivity contribution in [1.29, 1.82) is 0 Å². The molecule has 1 aliphatic heterocycles. The van der Waals surface area contributed by atoms with E-state index in [2.05, 4.69) is 40.0 Å². The first-order valence-corrected chi connectivity index (χ1v) is 7.77. The summed E-state index contributed by atoms with van der Waals surface area (Å²) in [5.41, 5.74) is 3.22. The maximum absolute atomic E-state index is 4.67. The number of hydrogen-bond acceptors (Lipinski definition) is 4. The number of nitrogens with zero attached hydrogens (tertiary/aromatic N) is 5. The molecule has 2 aromatic heterocycles. The Morgan fingerprint density at radius 2 is 2.19 bits per heavy atom. The van der Waals surface area contributed by atoms with Crippen LogP contribution in [0.3, 0.4) is 0 Å². The van der Waals surface area contributed by atoms with Crippen molar-refractivity contribution >= 4 is 0 Å². The van der Waals surface area contributed by atoms with E-state index in [0.717, 1.165) is 42.4 Å². The van der Waals surface area contributed by atoms with Crippen LogP contribution in [0.4, 0.5) is 0 Å². The first-order chi connectivity index (χ1) is 10.2. The predicted octanol–water partition coefficient (Wildman–Crippen LogP) is 2.83. The lowest BCUT2D eigenvalue weighted by molar-refractivity contribution is 0.311. The highest BCUT2D eigenvalue weighted by Gasteiger charge is 2.25. The largest absolute Gasteiger partial charge is 0.298 e. The quantitative estimate of drug-likeness (QED) is 0.866. The summed E-state index contributed by atoms with van der Waals surface area (Å²) in [4.78, 5) is 11.7. The van der Waals surface area contributed by atoms with Gasteiger partial charge in [0.1, 0.15) is 5.82 Å². The molecule has 0 saturated carbocycles. The van der Waals surface area contributed by atoms with Crippen LogP contribution in [0.5, 0.6) is 0 Å². The van der Waals surface area contributed by atoms with Crippen molar-refractivity contribution in [3.05, 3.63) is 29.8 Å². The third kappa shape index (κ3) is 2.83. The highest BCUT2D eigenvalue weighted by molar-refractivity contribution is 5.54. The molecule has 0 bridgehead atoms. The van der Waals surface area contributed by atoms with E-state index in [1.807, 2.05) is 23.9 Å². The molecule has 5 heteroatoms. The van der Waals surface area contributed by atoms with Gasteiger partial charge in [-0.3, -0.25) is 9.58 Å². The summed E-state index contributed by atoms with van der Waals surface area (Å²) in [6.07, 6.45) is 5.34. The zero-order valence-electron chi connectivity index (χ0n) is 13.1. The van der Waals surface area contributed by atoms with Crippen LogP contribution in [-0.2, 0) is 6.54 Å². The van der Waals surface area contributed by atoms with Gasteiger partial charge < -0.3 is 0 Å². The Labute approximate surface area is 126 Å². The molecule has 1 saturated heterocycles. The highest BCUT2D eigenvalue weighted by atomic mass is 15.3. The molecule has 3 rings (SSSR count). The molecule has 0 unspecified atom stereocenters. The van der Waals surface area contributed by atoms with Crippen molar-refractivity contribution in [3.8, 4) is 11.4 Å². The van der Waals surface area contributed by atoms with Crippen LogP contribution in [0.1, 0.15) is 43.7 Å². The normalized spacial score (nSPS) is 19.3. The second-order valence-electron chi connectivity index (χ2n) is 5.80. The zero-order valence-corrected chi connectivity index (χ0v) is 13.1. The van der Waals surface area contributed by atoms with Gasteiger partial charge in [0.15, 0.2) is 0 Å². The molecule has 1 aliphatic rings. The molecule has 1 fully saturated rings. The van der Waals surface area contributed by atoms with E-state index in [1.54, 1.807) is 0 Å². The average molecular weight is 285 g/mol. The molecule has 0 aromatic carbocycles. The first-order valence-electron chi connectivity index (χ1n) is 7.77. The number of rotatable bonds is 4. The number of hydrogen-bond donors (Lipinski definition) is 0. The van der Waals surface area contributed by atoms with Crippen molar-refractivity contribution in [1.82, 2.24) is 24.6 Å². The van der Waals surface area contributed by atoms with Gasteiger partial charge in [-0.2, -0.15) is 5.10 Å². The second-order valence-corrected chi connectivity index (χ2v) is 5.80. The predicted molar refractivity (Wildman–Crippen MR) is 82.9 cm³/mol. The SMILES string of the molecule is CCCn1nccc1-c1cc([C@H]2CCCN2C)nc(C)n1. The highest BCUT2D eigenvalue weighted by Crippen LogP contribution is 2.31. The zero-order chi connectivity index (χ0) is 14.8. The Bertz CT molecular complexity index is 619. The first kappa shape index (κ1) is 14.2. The van der Waals surface area contributed by atoms with E-state index in [0.29, 0.717) is 6.04 Å². The van der Waals surface area contributed by atoms with E-state index in [9.17, 15) is 0 Å². The Morgan fingerprint density at radius 3 is 2.90 bits per heavy atom. The van der Waals surface area contributed by atoms with Gasteiger partial charge in [-0.1, -0.05) is 6.92 Å². The van der Waals surface area contributed by atoms with Crippen molar-refractivity contribution in [3.63, 3.8) is 0 Å². The summed E-state index contributed by atoms with van der Waals surface area (Å²) < 4.78 is 2.03. The third-order valence-corrected chi connectivity index (χ3v) is 4.13. The van der Waals surface area contributed by atoms with Crippen molar-refractivity contribution < 1.29 is 0 Å². The molecule has 3 heterocycles. The minimum absolute atomic E-state index is 0.424.